The van der Waals surface area contributed by atoms with Crippen LogP contribution in [0.25, 0.3) is 10.8 Å². The number of amides is 2. The highest BCUT2D eigenvalue weighted by molar-refractivity contribution is 6.00. The molecule has 1 heterocycles. The Bertz CT molecular complexity index is 1290. The van der Waals surface area contributed by atoms with Crippen LogP contribution in [0.3, 0.4) is 0 Å². The van der Waals surface area contributed by atoms with Crippen LogP contribution in [-0.4, -0.2) is 34.7 Å². The van der Waals surface area contributed by atoms with Crippen LogP contribution in [0, 0.1) is 12.8 Å². The molecule has 0 aliphatic rings. The molecular formula is C30H32N2O3. The van der Waals surface area contributed by atoms with Gasteiger partial charge in [-0.25, -0.2) is 0 Å². The Balaban J connectivity index is 1.57. The van der Waals surface area contributed by atoms with Gasteiger partial charge in [-0.3, -0.25) is 9.59 Å². The molecule has 180 valence electrons. The van der Waals surface area contributed by atoms with Gasteiger partial charge >= 0.3 is 0 Å². The molecule has 4 rings (SSSR count). The Hall–Kier alpha value is -3.86. The van der Waals surface area contributed by atoms with Crippen LogP contribution in [0.5, 0.6) is 0 Å². The zero-order chi connectivity index (χ0) is 24.8. The van der Waals surface area contributed by atoms with E-state index < -0.39 is 0 Å². The summed E-state index contributed by atoms with van der Waals surface area (Å²) >= 11 is 0. The molecule has 0 aliphatic heterocycles. The first kappa shape index (κ1) is 24.3. The van der Waals surface area contributed by atoms with Gasteiger partial charge < -0.3 is 14.2 Å². The van der Waals surface area contributed by atoms with Crippen molar-refractivity contribution in [3.05, 3.63) is 108 Å². The summed E-state index contributed by atoms with van der Waals surface area (Å²) in [6.07, 6.45) is 0. The van der Waals surface area contributed by atoms with Crippen molar-refractivity contribution >= 4 is 22.6 Å². The van der Waals surface area contributed by atoms with Crippen LogP contribution in [0.2, 0.25) is 0 Å². The van der Waals surface area contributed by atoms with Gasteiger partial charge in [0.1, 0.15) is 18.1 Å². The van der Waals surface area contributed by atoms with Gasteiger partial charge in [0.25, 0.3) is 5.91 Å². The van der Waals surface area contributed by atoms with E-state index >= 15 is 0 Å². The zero-order valence-electron chi connectivity index (χ0n) is 20.6. The predicted molar refractivity (Wildman–Crippen MR) is 139 cm³/mol. The third-order valence-corrected chi connectivity index (χ3v) is 5.91. The average molecular weight is 469 g/mol. The number of carbonyl (C=O) groups excluding carboxylic acids is 2. The molecule has 0 saturated carbocycles. The molecule has 0 spiro atoms. The van der Waals surface area contributed by atoms with Gasteiger partial charge in [-0.1, -0.05) is 74.5 Å². The van der Waals surface area contributed by atoms with E-state index in [0.717, 1.165) is 27.9 Å². The minimum absolute atomic E-state index is 0.0103. The summed E-state index contributed by atoms with van der Waals surface area (Å²) in [6.45, 7) is 7.30. The summed E-state index contributed by atoms with van der Waals surface area (Å²) < 4.78 is 5.75. The first-order chi connectivity index (χ1) is 16.9. The van der Waals surface area contributed by atoms with Gasteiger partial charge in [0.2, 0.25) is 5.91 Å². The van der Waals surface area contributed by atoms with Crippen molar-refractivity contribution < 1.29 is 14.0 Å². The summed E-state index contributed by atoms with van der Waals surface area (Å²) in [4.78, 5) is 30.6. The van der Waals surface area contributed by atoms with Crippen LogP contribution in [0.15, 0.2) is 89.3 Å². The van der Waals surface area contributed by atoms with E-state index in [2.05, 4.69) is 13.8 Å². The Morgan fingerprint density at radius 1 is 0.800 bits per heavy atom. The fraction of sp³-hybridized carbons (Fsp3) is 0.267. The van der Waals surface area contributed by atoms with Crippen molar-refractivity contribution in [1.82, 2.24) is 9.80 Å². The second-order valence-electron chi connectivity index (χ2n) is 9.39. The fourth-order valence-electron chi connectivity index (χ4n) is 4.22. The monoisotopic (exact) mass is 468 g/mol. The van der Waals surface area contributed by atoms with Crippen molar-refractivity contribution in [3.63, 3.8) is 0 Å². The molecule has 5 nitrogen and oxygen atoms in total. The Labute approximate surface area is 207 Å². The molecule has 1 aromatic heterocycles. The van der Waals surface area contributed by atoms with Gasteiger partial charge in [0.05, 0.1) is 6.54 Å². The van der Waals surface area contributed by atoms with Crippen LogP contribution in [0.1, 0.15) is 41.3 Å². The molecule has 0 bridgehead atoms. The lowest BCUT2D eigenvalue weighted by Gasteiger charge is -2.28. The van der Waals surface area contributed by atoms with Gasteiger partial charge in [0.15, 0.2) is 0 Å². The summed E-state index contributed by atoms with van der Waals surface area (Å²) in [6, 6.07) is 27.3. The van der Waals surface area contributed by atoms with Crippen LogP contribution < -0.4 is 0 Å². The number of hydrogen-bond acceptors (Lipinski definition) is 3. The highest BCUT2D eigenvalue weighted by Crippen LogP contribution is 2.19. The van der Waals surface area contributed by atoms with Crippen LogP contribution in [0.4, 0.5) is 0 Å². The van der Waals surface area contributed by atoms with Gasteiger partial charge in [-0.15, -0.1) is 0 Å². The third-order valence-electron chi connectivity index (χ3n) is 5.91. The number of rotatable bonds is 9. The molecule has 5 heteroatoms. The maximum absolute atomic E-state index is 13.6. The molecule has 3 aromatic carbocycles. The first-order valence-corrected chi connectivity index (χ1v) is 12.0. The number of furan rings is 1. The normalized spacial score (nSPS) is 11.1. The maximum atomic E-state index is 13.6. The number of fused-ring (bicyclic) bond motifs is 1. The highest BCUT2D eigenvalue weighted by atomic mass is 16.3. The van der Waals surface area contributed by atoms with E-state index in [1.165, 1.54) is 0 Å². The lowest BCUT2D eigenvalue weighted by molar-refractivity contribution is -0.133. The molecule has 0 fully saturated rings. The molecule has 0 aliphatic carbocycles. The molecule has 2 amide bonds. The molecule has 0 radical (unpaired) electrons. The summed E-state index contributed by atoms with van der Waals surface area (Å²) in [5, 5.41) is 2.09. The Kier molecular flexibility index (Phi) is 7.66. The van der Waals surface area contributed by atoms with E-state index in [9.17, 15) is 9.59 Å². The second-order valence-corrected chi connectivity index (χ2v) is 9.39. The Morgan fingerprint density at radius 2 is 1.51 bits per heavy atom. The van der Waals surface area contributed by atoms with E-state index in [0.29, 0.717) is 25.2 Å². The fourth-order valence-corrected chi connectivity index (χ4v) is 4.22. The number of benzene rings is 3. The van der Waals surface area contributed by atoms with E-state index in [1.54, 1.807) is 9.80 Å². The van der Waals surface area contributed by atoms with Crippen LogP contribution >= 0.6 is 0 Å². The van der Waals surface area contributed by atoms with Crippen molar-refractivity contribution in [2.45, 2.75) is 33.9 Å². The van der Waals surface area contributed by atoms with Crippen molar-refractivity contribution in [3.8, 4) is 0 Å². The summed E-state index contributed by atoms with van der Waals surface area (Å²) in [5.41, 5.74) is 1.62. The van der Waals surface area contributed by atoms with Crippen molar-refractivity contribution in [2.24, 2.45) is 5.92 Å². The van der Waals surface area contributed by atoms with Gasteiger partial charge in [0, 0.05) is 18.7 Å². The lowest BCUT2D eigenvalue weighted by Crippen LogP contribution is -2.43. The highest BCUT2D eigenvalue weighted by Gasteiger charge is 2.24. The van der Waals surface area contributed by atoms with Gasteiger partial charge in [-0.05, 0) is 53.4 Å². The SMILES string of the molecule is Cc1ccc(CN(Cc2ccccc2)C(=O)CN(CC(C)C)C(=O)c2ccc3ccccc3c2)o1. The largest absolute Gasteiger partial charge is 0.464 e. The molecule has 0 saturated heterocycles. The molecule has 0 atom stereocenters. The topological polar surface area (TPSA) is 53.8 Å². The quantitative estimate of drug-likeness (QED) is 0.300. The maximum Gasteiger partial charge on any atom is 0.254 e. The summed E-state index contributed by atoms with van der Waals surface area (Å²) in [7, 11) is 0. The predicted octanol–water partition coefficient (Wildman–Crippen LogP) is 6.07. The smallest absolute Gasteiger partial charge is 0.254 e. The van der Waals surface area contributed by atoms with Crippen molar-refractivity contribution in [1.29, 1.82) is 0 Å². The number of nitrogens with zero attached hydrogens (tertiary/aromatic N) is 2. The molecule has 0 unspecified atom stereocenters. The number of aryl methyl sites for hydroxylation is 1. The molecule has 35 heavy (non-hydrogen) atoms. The van der Waals surface area contributed by atoms with Gasteiger partial charge in [-0.2, -0.15) is 0 Å². The molecular weight excluding hydrogens is 436 g/mol. The lowest BCUT2D eigenvalue weighted by atomic mass is 10.1. The summed E-state index contributed by atoms with van der Waals surface area (Å²) in [5.74, 6) is 1.51. The Morgan fingerprint density at radius 3 is 2.20 bits per heavy atom. The zero-order valence-corrected chi connectivity index (χ0v) is 20.6. The van der Waals surface area contributed by atoms with Crippen LogP contribution in [-0.2, 0) is 17.9 Å². The minimum Gasteiger partial charge on any atom is -0.464 e. The van der Waals surface area contributed by atoms with E-state index in [4.69, 9.17) is 4.42 Å². The molecule has 4 aromatic rings. The molecule has 0 N–H and O–H groups in total. The standard InChI is InChI=1S/C30H32N2O3/c1-22(2)18-32(30(34)27-15-14-25-11-7-8-12-26(25)17-27)21-29(33)31(19-24-9-5-4-6-10-24)20-28-16-13-23(3)35-28/h4-17,22H,18-21H2,1-3H3. The number of carbonyl (C=O) groups is 2. The van der Waals surface area contributed by atoms with E-state index in [-0.39, 0.29) is 24.3 Å². The third kappa shape index (κ3) is 6.38. The van der Waals surface area contributed by atoms with Crippen molar-refractivity contribution in [2.75, 3.05) is 13.1 Å². The number of hydrogen-bond donors (Lipinski definition) is 0. The second kappa shape index (κ2) is 11.0. The first-order valence-electron chi connectivity index (χ1n) is 12.0. The minimum atomic E-state index is -0.133. The average Bonchev–Trinajstić information content (AvgIpc) is 3.27. The van der Waals surface area contributed by atoms with E-state index in [1.807, 2.05) is 91.9 Å².